The Morgan fingerprint density at radius 2 is 1.86 bits per heavy atom. The van der Waals surface area contributed by atoms with Crippen LogP contribution in [-0.4, -0.2) is 20.3 Å². The van der Waals surface area contributed by atoms with Gasteiger partial charge in [0.05, 0.1) is 13.7 Å². The highest BCUT2D eigenvalue weighted by Gasteiger charge is 2.00. The number of rotatable bonds is 10. The fourth-order valence-electron chi connectivity index (χ4n) is 2.14. The summed E-state index contributed by atoms with van der Waals surface area (Å²) in [5, 5.41) is 0. The first-order valence-corrected chi connectivity index (χ1v) is 8.13. The summed E-state index contributed by atoms with van der Waals surface area (Å²) in [7, 11) is 1.68. The molecule has 0 aliphatic carbocycles. The standard InChI is InChI=1S/C20H30O2/c1-17(2)7-5-8-18(3)14-16-22-15-6-9-19-10-12-20(21-4)13-11-19/h6-7,9-13,18H,5,8,14-16H2,1-4H3/b9-6+. The quantitative estimate of drug-likeness (QED) is 0.420. The van der Waals surface area contributed by atoms with Gasteiger partial charge < -0.3 is 9.47 Å². The predicted octanol–water partition coefficient (Wildman–Crippen LogP) is 5.50. The van der Waals surface area contributed by atoms with Gasteiger partial charge in [-0.3, -0.25) is 0 Å². The summed E-state index contributed by atoms with van der Waals surface area (Å²) in [6.07, 6.45) is 10.0. The van der Waals surface area contributed by atoms with Gasteiger partial charge in [0.1, 0.15) is 5.75 Å². The first kappa shape index (κ1) is 18.5. The highest BCUT2D eigenvalue weighted by molar-refractivity contribution is 5.50. The Labute approximate surface area is 135 Å². The van der Waals surface area contributed by atoms with Crippen molar-refractivity contribution >= 4 is 6.08 Å². The molecule has 0 aliphatic rings. The molecule has 2 heteroatoms. The van der Waals surface area contributed by atoms with E-state index >= 15 is 0 Å². The summed E-state index contributed by atoms with van der Waals surface area (Å²) in [5.41, 5.74) is 2.58. The molecule has 2 nitrogen and oxygen atoms in total. The summed E-state index contributed by atoms with van der Waals surface area (Å²) < 4.78 is 10.8. The van der Waals surface area contributed by atoms with Crippen LogP contribution in [0.4, 0.5) is 0 Å². The van der Waals surface area contributed by atoms with Crippen LogP contribution in [0.25, 0.3) is 6.08 Å². The number of ether oxygens (including phenoxy) is 2. The van der Waals surface area contributed by atoms with E-state index in [-0.39, 0.29) is 0 Å². The molecule has 1 rings (SSSR count). The van der Waals surface area contributed by atoms with Gasteiger partial charge in [0.15, 0.2) is 0 Å². The molecule has 0 saturated heterocycles. The average molecular weight is 302 g/mol. The van der Waals surface area contributed by atoms with Gasteiger partial charge in [-0.2, -0.15) is 0 Å². The minimum Gasteiger partial charge on any atom is -0.497 e. The number of allylic oxidation sites excluding steroid dienone is 2. The topological polar surface area (TPSA) is 18.5 Å². The van der Waals surface area contributed by atoms with Crippen LogP contribution < -0.4 is 4.74 Å². The summed E-state index contributed by atoms with van der Waals surface area (Å²) in [4.78, 5) is 0. The summed E-state index contributed by atoms with van der Waals surface area (Å²) in [6, 6.07) is 8.02. The zero-order valence-corrected chi connectivity index (χ0v) is 14.5. The van der Waals surface area contributed by atoms with Crippen molar-refractivity contribution in [1.29, 1.82) is 0 Å². The van der Waals surface area contributed by atoms with Crippen molar-refractivity contribution in [1.82, 2.24) is 0 Å². The van der Waals surface area contributed by atoms with Crippen LogP contribution in [0.1, 0.15) is 45.6 Å². The molecule has 0 N–H and O–H groups in total. The molecular formula is C20H30O2. The predicted molar refractivity (Wildman–Crippen MR) is 95.3 cm³/mol. The molecule has 0 saturated carbocycles. The van der Waals surface area contributed by atoms with Gasteiger partial charge in [0.25, 0.3) is 0 Å². The molecule has 0 heterocycles. The number of hydrogen-bond donors (Lipinski definition) is 0. The maximum atomic E-state index is 5.67. The Hall–Kier alpha value is -1.54. The first-order chi connectivity index (χ1) is 10.6. The molecule has 0 aromatic heterocycles. The second-order valence-electron chi connectivity index (χ2n) is 6.00. The van der Waals surface area contributed by atoms with E-state index in [1.54, 1.807) is 7.11 Å². The van der Waals surface area contributed by atoms with Crippen molar-refractivity contribution in [2.24, 2.45) is 5.92 Å². The van der Waals surface area contributed by atoms with Gasteiger partial charge in [-0.15, -0.1) is 0 Å². The Kier molecular flexibility index (Phi) is 9.33. The number of benzene rings is 1. The molecule has 0 fully saturated rings. The van der Waals surface area contributed by atoms with E-state index < -0.39 is 0 Å². The molecule has 1 aromatic rings. The first-order valence-electron chi connectivity index (χ1n) is 8.13. The van der Waals surface area contributed by atoms with E-state index in [2.05, 4.69) is 39.0 Å². The normalized spacial score (nSPS) is 12.4. The van der Waals surface area contributed by atoms with Gasteiger partial charge in [0.2, 0.25) is 0 Å². The van der Waals surface area contributed by atoms with Crippen LogP contribution >= 0.6 is 0 Å². The minimum absolute atomic E-state index is 0.673. The van der Waals surface area contributed by atoms with Gasteiger partial charge >= 0.3 is 0 Å². The number of methoxy groups -OCH3 is 1. The van der Waals surface area contributed by atoms with E-state index in [9.17, 15) is 0 Å². The van der Waals surface area contributed by atoms with Crippen molar-refractivity contribution in [3.05, 3.63) is 47.6 Å². The monoisotopic (exact) mass is 302 g/mol. The number of hydrogen-bond acceptors (Lipinski definition) is 2. The molecule has 0 aliphatic heterocycles. The molecule has 0 spiro atoms. The zero-order chi connectivity index (χ0) is 16.2. The highest BCUT2D eigenvalue weighted by Crippen LogP contribution is 2.13. The van der Waals surface area contributed by atoms with E-state index in [0.717, 1.165) is 24.7 Å². The van der Waals surface area contributed by atoms with Gasteiger partial charge in [0, 0.05) is 6.61 Å². The maximum Gasteiger partial charge on any atom is 0.118 e. The van der Waals surface area contributed by atoms with Crippen molar-refractivity contribution in [3.63, 3.8) is 0 Å². The van der Waals surface area contributed by atoms with E-state index in [1.165, 1.54) is 24.0 Å². The lowest BCUT2D eigenvalue weighted by Crippen LogP contribution is -2.02. The Bertz CT molecular complexity index is 453. The third-order valence-corrected chi connectivity index (χ3v) is 3.61. The molecule has 1 aromatic carbocycles. The highest BCUT2D eigenvalue weighted by atomic mass is 16.5. The maximum absolute atomic E-state index is 5.67. The summed E-state index contributed by atoms with van der Waals surface area (Å²) in [5.74, 6) is 1.61. The summed E-state index contributed by atoms with van der Waals surface area (Å²) >= 11 is 0. The fourth-order valence-corrected chi connectivity index (χ4v) is 2.14. The van der Waals surface area contributed by atoms with Crippen LogP contribution in [0.3, 0.4) is 0 Å². The van der Waals surface area contributed by atoms with Crippen LogP contribution in [0.2, 0.25) is 0 Å². The van der Waals surface area contributed by atoms with Gasteiger partial charge in [-0.05, 0) is 56.7 Å². The molecule has 0 amide bonds. The second-order valence-corrected chi connectivity index (χ2v) is 6.00. The van der Waals surface area contributed by atoms with Crippen molar-refractivity contribution in [2.45, 2.75) is 40.0 Å². The largest absolute Gasteiger partial charge is 0.497 e. The van der Waals surface area contributed by atoms with Gasteiger partial charge in [-0.1, -0.05) is 42.9 Å². The van der Waals surface area contributed by atoms with E-state index in [1.807, 2.05) is 24.3 Å². The molecule has 0 radical (unpaired) electrons. The minimum atomic E-state index is 0.673. The second kappa shape index (κ2) is 11.1. The molecule has 1 atom stereocenters. The lowest BCUT2D eigenvalue weighted by molar-refractivity contribution is 0.146. The SMILES string of the molecule is COc1ccc(/C=C/COCCC(C)CCC=C(C)C)cc1. The van der Waals surface area contributed by atoms with Crippen molar-refractivity contribution < 1.29 is 9.47 Å². The third-order valence-electron chi connectivity index (χ3n) is 3.61. The van der Waals surface area contributed by atoms with Crippen molar-refractivity contribution in [3.8, 4) is 5.75 Å². The Morgan fingerprint density at radius 1 is 1.14 bits per heavy atom. The zero-order valence-electron chi connectivity index (χ0n) is 14.5. The van der Waals surface area contributed by atoms with Crippen LogP contribution in [0.15, 0.2) is 42.0 Å². The smallest absolute Gasteiger partial charge is 0.118 e. The Morgan fingerprint density at radius 3 is 2.50 bits per heavy atom. The lowest BCUT2D eigenvalue weighted by Gasteiger charge is -2.09. The average Bonchev–Trinajstić information content (AvgIpc) is 2.51. The molecule has 22 heavy (non-hydrogen) atoms. The van der Waals surface area contributed by atoms with Gasteiger partial charge in [-0.25, -0.2) is 0 Å². The van der Waals surface area contributed by atoms with Crippen LogP contribution in [0, 0.1) is 5.92 Å². The van der Waals surface area contributed by atoms with Crippen molar-refractivity contribution in [2.75, 3.05) is 20.3 Å². The Balaban J connectivity index is 2.11. The lowest BCUT2D eigenvalue weighted by atomic mass is 10.0. The van der Waals surface area contributed by atoms with Crippen LogP contribution in [-0.2, 0) is 4.74 Å². The summed E-state index contributed by atoms with van der Waals surface area (Å²) in [6.45, 7) is 8.12. The molecule has 1 unspecified atom stereocenters. The third kappa shape index (κ3) is 8.68. The van der Waals surface area contributed by atoms with E-state index in [0.29, 0.717) is 6.61 Å². The fraction of sp³-hybridized carbons (Fsp3) is 0.500. The molecule has 122 valence electrons. The van der Waals surface area contributed by atoms with Crippen LogP contribution in [0.5, 0.6) is 5.75 Å². The van der Waals surface area contributed by atoms with E-state index in [4.69, 9.17) is 9.47 Å². The molecule has 0 bridgehead atoms. The molecular weight excluding hydrogens is 272 g/mol.